The highest BCUT2D eigenvalue weighted by Gasteiger charge is 2.45. The van der Waals surface area contributed by atoms with Crippen molar-refractivity contribution in [1.29, 1.82) is 0 Å². The Labute approximate surface area is 115 Å². The fourth-order valence-corrected chi connectivity index (χ4v) is 1.95. The predicted octanol–water partition coefficient (Wildman–Crippen LogP) is -2.58. The van der Waals surface area contributed by atoms with E-state index in [1.807, 2.05) is 0 Å². The summed E-state index contributed by atoms with van der Waals surface area (Å²) < 4.78 is 10.2. The number of aliphatic carboxylic acids is 1. The van der Waals surface area contributed by atoms with E-state index >= 15 is 0 Å². The van der Waals surface area contributed by atoms with Gasteiger partial charge in [-0.05, 0) is 0 Å². The topological polar surface area (TPSA) is 146 Å². The van der Waals surface area contributed by atoms with Crippen molar-refractivity contribution in [3.8, 4) is 0 Å². The lowest BCUT2D eigenvalue weighted by Crippen LogP contribution is -2.64. The summed E-state index contributed by atoms with van der Waals surface area (Å²) in [7, 11) is 0. The van der Waals surface area contributed by atoms with Gasteiger partial charge in [-0.3, -0.25) is 9.59 Å². The molecule has 0 bridgehead atoms. The molecular weight excluding hydrogens is 274 g/mol. The fraction of sp³-hybridized carbons (Fsp3) is 0.818. The molecular formula is C11H19NO8. The van der Waals surface area contributed by atoms with E-state index in [-0.39, 0.29) is 13.0 Å². The molecule has 0 aliphatic carbocycles. The Balaban J connectivity index is 2.76. The minimum atomic E-state index is -1.48. The number of aliphatic hydroxyl groups is 3. The maximum atomic E-state index is 11.1. The highest BCUT2D eigenvalue weighted by atomic mass is 16.6. The minimum absolute atomic E-state index is 0.210. The molecule has 5 N–H and O–H groups in total. The molecule has 5 atom stereocenters. The van der Waals surface area contributed by atoms with E-state index < -0.39 is 49.1 Å². The van der Waals surface area contributed by atoms with Gasteiger partial charge in [-0.2, -0.15) is 0 Å². The van der Waals surface area contributed by atoms with Gasteiger partial charge in [0.15, 0.2) is 6.29 Å². The number of carbonyl (C=O) groups excluding carboxylic acids is 1. The lowest BCUT2D eigenvalue weighted by Gasteiger charge is -2.42. The minimum Gasteiger partial charge on any atom is -0.481 e. The number of nitrogens with one attached hydrogen (secondary N) is 1. The second kappa shape index (κ2) is 7.50. The van der Waals surface area contributed by atoms with E-state index in [4.69, 9.17) is 19.7 Å². The van der Waals surface area contributed by atoms with Crippen LogP contribution in [-0.2, 0) is 19.1 Å². The average Bonchev–Trinajstić information content (AvgIpc) is 2.36. The van der Waals surface area contributed by atoms with Gasteiger partial charge in [-0.1, -0.05) is 0 Å². The molecule has 0 aromatic carbocycles. The van der Waals surface area contributed by atoms with Crippen LogP contribution in [0.1, 0.15) is 13.3 Å². The summed E-state index contributed by atoms with van der Waals surface area (Å²) in [5.41, 5.74) is 0. The van der Waals surface area contributed by atoms with Crippen LogP contribution in [0.2, 0.25) is 0 Å². The van der Waals surface area contributed by atoms with Gasteiger partial charge in [0.25, 0.3) is 0 Å². The molecule has 1 rings (SSSR count). The highest BCUT2D eigenvalue weighted by molar-refractivity contribution is 5.73. The molecule has 0 radical (unpaired) electrons. The van der Waals surface area contributed by atoms with Gasteiger partial charge in [-0.15, -0.1) is 0 Å². The van der Waals surface area contributed by atoms with E-state index in [0.29, 0.717) is 0 Å². The Morgan fingerprint density at radius 2 is 2.00 bits per heavy atom. The van der Waals surface area contributed by atoms with Crippen molar-refractivity contribution in [1.82, 2.24) is 5.32 Å². The van der Waals surface area contributed by atoms with Crippen molar-refractivity contribution in [2.75, 3.05) is 13.2 Å². The standard InChI is InChI=1S/C11H19NO8/c1-5(14)12-8-10(19-3-2-7(15)16)9(17)6(4-13)20-11(8)18/h6,8-11,13,17-18H,2-4H2,1H3,(H,12,14)(H,15,16)/t6-,8-,9+,10-,11-/m0/s1. The normalized spacial score (nSPS) is 33.7. The van der Waals surface area contributed by atoms with Gasteiger partial charge in [0.1, 0.15) is 24.4 Å². The van der Waals surface area contributed by atoms with Crippen LogP contribution in [0.15, 0.2) is 0 Å². The fourth-order valence-electron chi connectivity index (χ4n) is 1.95. The zero-order chi connectivity index (χ0) is 15.3. The Bertz CT molecular complexity index is 349. The summed E-state index contributed by atoms with van der Waals surface area (Å²) in [6, 6.07) is -1.06. The van der Waals surface area contributed by atoms with Crippen LogP contribution in [-0.4, -0.2) is 76.2 Å². The van der Waals surface area contributed by atoms with Gasteiger partial charge in [0.05, 0.1) is 19.6 Å². The molecule has 116 valence electrons. The van der Waals surface area contributed by atoms with Crippen molar-refractivity contribution in [2.45, 2.75) is 44.0 Å². The van der Waals surface area contributed by atoms with Crippen LogP contribution in [0.25, 0.3) is 0 Å². The number of carboxylic acids is 1. The van der Waals surface area contributed by atoms with Crippen molar-refractivity contribution >= 4 is 11.9 Å². The van der Waals surface area contributed by atoms with Gasteiger partial charge >= 0.3 is 5.97 Å². The Morgan fingerprint density at radius 3 is 2.50 bits per heavy atom. The second-order valence-corrected chi connectivity index (χ2v) is 4.44. The summed E-state index contributed by atoms with van der Waals surface area (Å²) in [4.78, 5) is 21.5. The molecule has 0 aromatic heterocycles. The first-order valence-corrected chi connectivity index (χ1v) is 6.09. The molecule has 9 nitrogen and oxygen atoms in total. The molecule has 1 fully saturated rings. The van der Waals surface area contributed by atoms with Crippen LogP contribution in [0.5, 0.6) is 0 Å². The maximum absolute atomic E-state index is 11.1. The predicted molar refractivity (Wildman–Crippen MR) is 63.6 cm³/mol. The number of hydrogen-bond donors (Lipinski definition) is 5. The molecule has 1 aliphatic rings. The van der Waals surface area contributed by atoms with Crippen LogP contribution < -0.4 is 5.32 Å². The Morgan fingerprint density at radius 1 is 1.35 bits per heavy atom. The molecule has 1 saturated heterocycles. The van der Waals surface area contributed by atoms with Gasteiger partial charge in [0.2, 0.25) is 5.91 Å². The molecule has 1 amide bonds. The van der Waals surface area contributed by atoms with Crippen molar-refractivity contribution in [2.24, 2.45) is 0 Å². The number of rotatable bonds is 6. The number of carboxylic acid groups (broad SMARTS) is 1. The number of amides is 1. The van der Waals surface area contributed by atoms with Crippen molar-refractivity contribution in [3.05, 3.63) is 0 Å². The Kier molecular flexibility index (Phi) is 6.30. The van der Waals surface area contributed by atoms with Crippen LogP contribution in [0.3, 0.4) is 0 Å². The number of aliphatic hydroxyl groups excluding tert-OH is 3. The zero-order valence-electron chi connectivity index (χ0n) is 10.9. The van der Waals surface area contributed by atoms with Crippen LogP contribution >= 0.6 is 0 Å². The summed E-state index contributed by atoms with van der Waals surface area (Å²) in [6.07, 6.45) is -5.25. The van der Waals surface area contributed by atoms with Crippen molar-refractivity contribution < 1.29 is 39.5 Å². The van der Waals surface area contributed by atoms with Crippen LogP contribution in [0, 0.1) is 0 Å². The smallest absolute Gasteiger partial charge is 0.305 e. The van der Waals surface area contributed by atoms with Crippen molar-refractivity contribution in [3.63, 3.8) is 0 Å². The summed E-state index contributed by atoms with van der Waals surface area (Å²) in [5.74, 6) is -1.55. The summed E-state index contributed by atoms with van der Waals surface area (Å²) in [5, 5.41) is 39.7. The molecule has 9 heteroatoms. The highest BCUT2D eigenvalue weighted by Crippen LogP contribution is 2.22. The summed E-state index contributed by atoms with van der Waals surface area (Å²) >= 11 is 0. The van der Waals surface area contributed by atoms with E-state index in [2.05, 4.69) is 5.32 Å². The maximum Gasteiger partial charge on any atom is 0.305 e. The third-order valence-electron chi connectivity index (χ3n) is 2.87. The number of ether oxygens (including phenoxy) is 2. The third kappa shape index (κ3) is 4.39. The van der Waals surface area contributed by atoms with Gasteiger partial charge in [0, 0.05) is 6.92 Å². The van der Waals surface area contributed by atoms with E-state index in [1.165, 1.54) is 6.92 Å². The second-order valence-electron chi connectivity index (χ2n) is 4.44. The zero-order valence-corrected chi connectivity index (χ0v) is 10.9. The largest absolute Gasteiger partial charge is 0.481 e. The van der Waals surface area contributed by atoms with Gasteiger partial charge in [-0.25, -0.2) is 0 Å². The molecule has 0 unspecified atom stereocenters. The van der Waals surface area contributed by atoms with Gasteiger partial charge < -0.3 is 35.2 Å². The average molecular weight is 293 g/mol. The third-order valence-corrected chi connectivity index (χ3v) is 2.87. The first-order chi connectivity index (χ1) is 9.36. The number of hydrogen-bond acceptors (Lipinski definition) is 7. The van der Waals surface area contributed by atoms with E-state index in [1.54, 1.807) is 0 Å². The Hall–Kier alpha value is -1.26. The van der Waals surface area contributed by atoms with Crippen LogP contribution in [0.4, 0.5) is 0 Å². The molecule has 0 aromatic rings. The lowest BCUT2D eigenvalue weighted by atomic mass is 9.96. The van der Waals surface area contributed by atoms with E-state index in [0.717, 1.165) is 0 Å². The monoisotopic (exact) mass is 293 g/mol. The SMILES string of the molecule is CC(=O)N[C@H]1[C@H](OCCC(=O)O)[C@H](O)[C@H](CO)O[C@@H]1O. The first kappa shape index (κ1) is 16.8. The lowest BCUT2D eigenvalue weighted by molar-refractivity contribution is -0.262. The number of carbonyl (C=O) groups is 2. The summed E-state index contributed by atoms with van der Waals surface area (Å²) in [6.45, 7) is 0.452. The quantitative estimate of drug-likeness (QED) is 0.359. The molecule has 1 heterocycles. The first-order valence-electron chi connectivity index (χ1n) is 6.09. The molecule has 1 aliphatic heterocycles. The molecule has 0 spiro atoms. The molecule has 20 heavy (non-hydrogen) atoms. The molecule has 0 saturated carbocycles. The van der Waals surface area contributed by atoms with E-state index in [9.17, 15) is 19.8 Å².